The van der Waals surface area contributed by atoms with Crippen LogP contribution >= 0.6 is 34.8 Å². The Hall–Kier alpha value is -0.000000000000000167. The molecule has 1 atom stereocenters. The van der Waals surface area contributed by atoms with Crippen LogP contribution in [-0.2, 0) is 10.0 Å². The quantitative estimate of drug-likeness (QED) is 0.844. The first kappa shape index (κ1) is 14.4. The largest absolute Gasteiger partial charge is 0.240 e. The Morgan fingerprint density at radius 2 is 1.83 bits per heavy atom. The van der Waals surface area contributed by atoms with E-state index < -0.39 is 14.4 Å². The van der Waals surface area contributed by atoms with E-state index in [4.69, 9.17) is 34.8 Å². The predicted molar refractivity (Wildman–Crippen MR) is 73.8 cm³/mol. The summed E-state index contributed by atoms with van der Waals surface area (Å²) < 4.78 is 25.6. The van der Waals surface area contributed by atoms with E-state index in [1.54, 1.807) is 12.1 Å². The second-order valence-electron chi connectivity index (χ2n) is 4.30. The molecule has 1 aromatic rings. The topological polar surface area (TPSA) is 46.2 Å². The van der Waals surface area contributed by atoms with Crippen molar-refractivity contribution in [2.24, 2.45) is 5.92 Å². The molecule has 100 valence electrons. The van der Waals surface area contributed by atoms with Gasteiger partial charge in [-0.25, -0.2) is 13.1 Å². The molecular formula is C11H12Cl3NO2S. The smallest absolute Gasteiger partial charge is 0.211 e. The summed E-state index contributed by atoms with van der Waals surface area (Å²) in [6, 6.07) is 6.02. The van der Waals surface area contributed by atoms with Crippen molar-refractivity contribution in [1.29, 1.82) is 0 Å². The van der Waals surface area contributed by atoms with Gasteiger partial charge < -0.3 is 0 Å². The van der Waals surface area contributed by atoms with E-state index in [-0.39, 0.29) is 10.8 Å². The molecule has 2 rings (SSSR count). The number of hydrogen-bond donors (Lipinski definition) is 1. The molecule has 18 heavy (non-hydrogen) atoms. The zero-order chi connectivity index (χ0) is 13.4. The van der Waals surface area contributed by atoms with Gasteiger partial charge in [0, 0.05) is 11.6 Å². The van der Waals surface area contributed by atoms with Gasteiger partial charge in [0.15, 0.2) is 0 Å². The van der Waals surface area contributed by atoms with Gasteiger partial charge in [-0.05, 0) is 43.0 Å². The first-order valence-electron chi connectivity index (χ1n) is 5.44. The van der Waals surface area contributed by atoms with E-state index >= 15 is 0 Å². The van der Waals surface area contributed by atoms with E-state index in [1.165, 1.54) is 12.1 Å². The SMILES string of the molecule is O=S(=O)(NCC[C@H]1CC1(Cl)Cl)c1ccc(Cl)cc1. The summed E-state index contributed by atoms with van der Waals surface area (Å²) in [5.41, 5.74) is 0. The van der Waals surface area contributed by atoms with Gasteiger partial charge in [-0.3, -0.25) is 0 Å². The van der Waals surface area contributed by atoms with Crippen LogP contribution in [0, 0.1) is 5.92 Å². The fraction of sp³-hybridized carbons (Fsp3) is 0.455. The fourth-order valence-electron chi connectivity index (χ4n) is 1.65. The first-order valence-corrected chi connectivity index (χ1v) is 8.06. The van der Waals surface area contributed by atoms with Crippen molar-refractivity contribution in [1.82, 2.24) is 4.72 Å². The highest BCUT2D eigenvalue weighted by Crippen LogP contribution is 2.54. The molecule has 0 aromatic heterocycles. The lowest BCUT2D eigenvalue weighted by molar-refractivity contribution is 0.575. The molecule has 0 heterocycles. The molecule has 0 aliphatic heterocycles. The molecule has 0 spiro atoms. The lowest BCUT2D eigenvalue weighted by Gasteiger charge is -2.06. The zero-order valence-electron chi connectivity index (χ0n) is 9.37. The summed E-state index contributed by atoms with van der Waals surface area (Å²) in [5.74, 6) is 0.175. The second kappa shape index (κ2) is 5.17. The van der Waals surface area contributed by atoms with Crippen molar-refractivity contribution in [3.63, 3.8) is 0 Å². The minimum atomic E-state index is -3.48. The van der Waals surface area contributed by atoms with Crippen LogP contribution < -0.4 is 4.72 Å². The van der Waals surface area contributed by atoms with E-state index in [0.717, 1.165) is 6.42 Å². The highest BCUT2D eigenvalue weighted by molar-refractivity contribution is 7.89. The number of rotatable bonds is 5. The van der Waals surface area contributed by atoms with Gasteiger partial charge >= 0.3 is 0 Å². The van der Waals surface area contributed by atoms with Crippen LogP contribution in [0.15, 0.2) is 29.2 Å². The van der Waals surface area contributed by atoms with Gasteiger partial charge in [0.25, 0.3) is 0 Å². The van der Waals surface area contributed by atoms with Gasteiger partial charge in [-0.15, -0.1) is 23.2 Å². The Balaban J connectivity index is 1.90. The third kappa shape index (κ3) is 3.52. The number of nitrogens with one attached hydrogen (secondary N) is 1. The van der Waals surface area contributed by atoms with Crippen molar-refractivity contribution in [3.05, 3.63) is 29.3 Å². The van der Waals surface area contributed by atoms with Crippen LogP contribution in [0.5, 0.6) is 0 Å². The van der Waals surface area contributed by atoms with E-state index in [9.17, 15) is 8.42 Å². The minimum Gasteiger partial charge on any atom is -0.211 e. The number of benzene rings is 1. The molecule has 1 aromatic carbocycles. The summed E-state index contributed by atoms with van der Waals surface area (Å²) >= 11 is 17.4. The van der Waals surface area contributed by atoms with Crippen LogP contribution in [0.25, 0.3) is 0 Å². The molecule has 0 amide bonds. The Kier molecular flexibility index (Phi) is 4.14. The third-order valence-corrected chi connectivity index (χ3v) is 5.52. The van der Waals surface area contributed by atoms with Gasteiger partial charge in [0.1, 0.15) is 4.33 Å². The molecule has 1 saturated carbocycles. The maximum atomic E-state index is 11.9. The van der Waals surface area contributed by atoms with Crippen LogP contribution in [0.1, 0.15) is 12.8 Å². The Bertz CT molecular complexity index is 528. The predicted octanol–water partition coefficient (Wildman–Crippen LogP) is 3.20. The van der Waals surface area contributed by atoms with Crippen molar-refractivity contribution < 1.29 is 8.42 Å². The Labute approximate surface area is 121 Å². The summed E-state index contributed by atoms with van der Waals surface area (Å²) in [6.07, 6.45) is 1.36. The van der Waals surface area contributed by atoms with E-state index in [2.05, 4.69) is 4.72 Å². The van der Waals surface area contributed by atoms with Crippen LogP contribution in [-0.4, -0.2) is 19.3 Å². The van der Waals surface area contributed by atoms with Crippen LogP contribution in [0.3, 0.4) is 0 Å². The van der Waals surface area contributed by atoms with Gasteiger partial charge in [0.2, 0.25) is 10.0 Å². The minimum absolute atomic E-state index is 0.175. The monoisotopic (exact) mass is 327 g/mol. The zero-order valence-corrected chi connectivity index (χ0v) is 12.5. The van der Waals surface area contributed by atoms with Gasteiger partial charge in [-0.1, -0.05) is 11.6 Å². The molecule has 0 unspecified atom stereocenters. The molecule has 0 radical (unpaired) electrons. The third-order valence-electron chi connectivity index (χ3n) is 2.86. The number of halogens is 3. The Morgan fingerprint density at radius 3 is 2.33 bits per heavy atom. The molecule has 1 N–H and O–H groups in total. The summed E-state index contributed by atoms with van der Waals surface area (Å²) in [4.78, 5) is 0.200. The lowest BCUT2D eigenvalue weighted by atomic mass is 10.3. The van der Waals surface area contributed by atoms with Crippen molar-refractivity contribution in [3.8, 4) is 0 Å². The van der Waals surface area contributed by atoms with E-state index in [1.807, 2.05) is 0 Å². The molecule has 7 heteroatoms. The van der Waals surface area contributed by atoms with Crippen molar-refractivity contribution >= 4 is 44.8 Å². The van der Waals surface area contributed by atoms with Crippen LogP contribution in [0.2, 0.25) is 5.02 Å². The molecule has 1 aliphatic rings. The molecule has 1 aliphatic carbocycles. The fourth-order valence-corrected chi connectivity index (χ4v) is 3.41. The molecule has 0 saturated heterocycles. The maximum Gasteiger partial charge on any atom is 0.240 e. The normalized spacial score (nSPS) is 21.8. The van der Waals surface area contributed by atoms with Crippen molar-refractivity contribution in [2.75, 3.05) is 6.54 Å². The molecular weight excluding hydrogens is 317 g/mol. The average Bonchev–Trinajstić information content (AvgIpc) is 2.87. The van der Waals surface area contributed by atoms with Gasteiger partial charge in [-0.2, -0.15) is 0 Å². The van der Waals surface area contributed by atoms with Crippen LogP contribution in [0.4, 0.5) is 0 Å². The highest BCUT2D eigenvalue weighted by atomic mass is 35.5. The number of sulfonamides is 1. The first-order chi connectivity index (χ1) is 8.31. The van der Waals surface area contributed by atoms with Gasteiger partial charge in [0.05, 0.1) is 4.90 Å². The average molecular weight is 329 g/mol. The highest BCUT2D eigenvalue weighted by Gasteiger charge is 2.50. The second-order valence-corrected chi connectivity index (χ2v) is 8.05. The molecule has 0 bridgehead atoms. The van der Waals surface area contributed by atoms with E-state index in [0.29, 0.717) is 18.0 Å². The number of hydrogen-bond acceptors (Lipinski definition) is 2. The standard InChI is InChI=1S/C11H12Cl3NO2S/c12-9-1-3-10(4-2-9)18(16,17)15-6-5-8-7-11(8,13)14/h1-4,8,15H,5-7H2/t8-/m0/s1. The molecule has 1 fully saturated rings. The maximum absolute atomic E-state index is 11.9. The van der Waals surface area contributed by atoms with Crippen molar-refractivity contribution in [2.45, 2.75) is 22.1 Å². The number of alkyl halides is 2. The summed E-state index contributed by atoms with van der Waals surface area (Å²) in [5, 5.41) is 0.501. The summed E-state index contributed by atoms with van der Waals surface area (Å²) in [7, 11) is -3.48. The lowest BCUT2D eigenvalue weighted by Crippen LogP contribution is -2.25. The Morgan fingerprint density at radius 1 is 1.28 bits per heavy atom. The summed E-state index contributed by atoms with van der Waals surface area (Å²) in [6.45, 7) is 0.330. The molecule has 3 nitrogen and oxygen atoms in total.